The maximum Gasteiger partial charge on any atom is 0.168 e. The first-order chi connectivity index (χ1) is 5.59. The standard InChI is InChI=1S/C8H11O3P.H3P/c1-12(2)11-8-5-6(9)3-4-7(8)10;/h3-5,9-10H,1-2H3;1H3. The number of benzene rings is 1. The van der Waals surface area contributed by atoms with E-state index in [9.17, 15) is 5.11 Å². The van der Waals surface area contributed by atoms with Gasteiger partial charge in [0.2, 0.25) is 0 Å². The molecule has 1 rings (SSSR count). The zero-order valence-electron chi connectivity index (χ0n) is 7.69. The SMILES string of the molecule is CP(C)Oc1cc(O)ccc1O.P. The van der Waals surface area contributed by atoms with Crippen molar-refractivity contribution in [3.05, 3.63) is 18.2 Å². The number of hydrogen-bond acceptors (Lipinski definition) is 3. The Labute approximate surface area is 82.2 Å². The van der Waals surface area contributed by atoms with E-state index in [1.807, 2.05) is 13.3 Å². The molecule has 0 aliphatic carbocycles. The van der Waals surface area contributed by atoms with Gasteiger partial charge < -0.3 is 14.7 Å². The molecule has 0 saturated carbocycles. The van der Waals surface area contributed by atoms with Crippen LogP contribution in [0.1, 0.15) is 0 Å². The molecule has 0 aliphatic rings. The van der Waals surface area contributed by atoms with Crippen molar-refractivity contribution >= 4 is 18.0 Å². The molecule has 0 heterocycles. The predicted octanol–water partition coefficient (Wildman–Crippen LogP) is 2.19. The van der Waals surface area contributed by atoms with Crippen LogP contribution < -0.4 is 4.52 Å². The maximum atomic E-state index is 9.26. The molecule has 1 unspecified atom stereocenters. The van der Waals surface area contributed by atoms with E-state index >= 15 is 0 Å². The van der Waals surface area contributed by atoms with Gasteiger partial charge in [0, 0.05) is 6.07 Å². The summed E-state index contributed by atoms with van der Waals surface area (Å²) in [6, 6.07) is 4.22. The lowest BCUT2D eigenvalue weighted by molar-refractivity contribution is 0.436. The minimum absolute atomic E-state index is 0. The Kier molecular flexibility index (Phi) is 5.05. The van der Waals surface area contributed by atoms with Gasteiger partial charge in [0.25, 0.3) is 0 Å². The number of hydrogen-bond donors (Lipinski definition) is 2. The van der Waals surface area contributed by atoms with Gasteiger partial charge in [-0.15, -0.1) is 0 Å². The van der Waals surface area contributed by atoms with E-state index in [1.54, 1.807) is 0 Å². The topological polar surface area (TPSA) is 49.7 Å². The molecule has 0 bridgehead atoms. The maximum absolute atomic E-state index is 9.26. The number of aromatic hydroxyl groups is 2. The molecule has 13 heavy (non-hydrogen) atoms. The highest BCUT2D eigenvalue weighted by molar-refractivity contribution is 7.51. The average molecular weight is 220 g/mol. The van der Waals surface area contributed by atoms with Gasteiger partial charge in [-0.25, -0.2) is 0 Å². The number of phenols is 2. The third kappa shape index (κ3) is 3.80. The van der Waals surface area contributed by atoms with Gasteiger partial charge in [0.05, 0.1) is 8.15 Å². The Morgan fingerprint density at radius 1 is 1.23 bits per heavy atom. The van der Waals surface area contributed by atoms with E-state index in [4.69, 9.17) is 9.63 Å². The molecule has 2 N–H and O–H groups in total. The van der Waals surface area contributed by atoms with Crippen LogP contribution in [-0.4, -0.2) is 23.5 Å². The predicted molar refractivity (Wildman–Crippen MR) is 60.3 cm³/mol. The second kappa shape index (κ2) is 5.26. The Bertz CT molecular complexity index is 276. The molecule has 0 fully saturated rings. The van der Waals surface area contributed by atoms with Crippen molar-refractivity contribution in [1.29, 1.82) is 0 Å². The van der Waals surface area contributed by atoms with Crippen LogP contribution in [0.15, 0.2) is 18.2 Å². The van der Waals surface area contributed by atoms with Crippen molar-refractivity contribution in [1.82, 2.24) is 0 Å². The van der Waals surface area contributed by atoms with Crippen molar-refractivity contribution in [2.75, 3.05) is 13.3 Å². The quantitative estimate of drug-likeness (QED) is 0.593. The molecule has 0 aromatic heterocycles. The summed E-state index contributed by atoms with van der Waals surface area (Å²) in [5.74, 6) is 0.495. The molecule has 0 radical (unpaired) electrons. The van der Waals surface area contributed by atoms with Crippen LogP contribution in [0.4, 0.5) is 0 Å². The first kappa shape index (κ1) is 12.5. The molecule has 0 spiro atoms. The minimum Gasteiger partial charge on any atom is -0.508 e. The molecule has 1 aromatic rings. The first-order valence-electron chi connectivity index (χ1n) is 3.47. The highest BCUT2D eigenvalue weighted by Gasteiger charge is 2.04. The second-order valence-corrected chi connectivity index (χ2v) is 4.36. The van der Waals surface area contributed by atoms with Crippen LogP contribution in [0.25, 0.3) is 0 Å². The Balaban J connectivity index is 0.00000144. The van der Waals surface area contributed by atoms with Crippen molar-refractivity contribution in [3.63, 3.8) is 0 Å². The van der Waals surface area contributed by atoms with Crippen molar-refractivity contribution < 1.29 is 14.7 Å². The molecular weight excluding hydrogens is 206 g/mol. The zero-order valence-corrected chi connectivity index (χ0v) is 10.00. The van der Waals surface area contributed by atoms with Crippen LogP contribution in [-0.2, 0) is 0 Å². The Hall–Kier alpha value is -0.520. The molecule has 1 atom stereocenters. The average Bonchev–Trinajstić information content (AvgIpc) is 1.96. The van der Waals surface area contributed by atoms with E-state index in [-0.39, 0.29) is 21.4 Å². The van der Waals surface area contributed by atoms with E-state index in [0.717, 1.165) is 0 Å². The van der Waals surface area contributed by atoms with E-state index in [2.05, 4.69) is 0 Å². The molecule has 0 saturated heterocycles. The highest BCUT2D eigenvalue weighted by Crippen LogP contribution is 2.37. The Morgan fingerprint density at radius 2 is 1.85 bits per heavy atom. The fourth-order valence-corrected chi connectivity index (χ4v) is 1.31. The lowest BCUT2D eigenvalue weighted by atomic mass is 10.3. The van der Waals surface area contributed by atoms with Gasteiger partial charge in [0.1, 0.15) is 5.75 Å². The summed E-state index contributed by atoms with van der Waals surface area (Å²) in [6.45, 7) is 3.83. The number of phenolic OH excluding ortho intramolecular Hbond substituents is 2. The van der Waals surface area contributed by atoms with Gasteiger partial charge in [-0.1, -0.05) is 0 Å². The summed E-state index contributed by atoms with van der Waals surface area (Å²) in [5.41, 5.74) is 0. The van der Waals surface area contributed by atoms with Crippen LogP contribution >= 0.6 is 18.0 Å². The van der Waals surface area contributed by atoms with Crippen molar-refractivity contribution in [2.24, 2.45) is 0 Å². The van der Waals surface area contributed by atoms with E-state index < -0.39 is 8.15 Å². The van der Waals surface area contributed by atoms with Gasteiger partial charge in [-0.05, 0) is 25.5 Å². The lowest BCUT2D eigenvalue weighted by Gasteiger charge is -2.10. The lowest BCUT2D eigenvalue weighted by Crippen LogP contribution is -1.84. The summed E-state index contributed by atoms with van der Waals surface area (Å²) in [6.07, 6.45) is 0. The summed E-state index contributed by atoms with van der Waals surface area (Å²) >= 11 is 0. The summed E-state index contributed by atoms with van der Waals surface area (Å²) in [7, 11) is -0.576. The van der Waals surface area contributed by atoms with E-state index in [1.165, 1.54) is 18.2 Å². The zero-order chi connectivity index (χ0) is 9.14. The first-order valence-corrected chi connectivity index (χ1v) is 5.62. The monoisotopic (exact) mass is 220 g/mol. The third-order valence-corrected chi connectivity index (χ3v) is 1.79. The van der Waals surface area contributed by atoms with Crippen LogP contribution in [0.3, 0.4) is 0 Å². The van der Waals surface area contributed by atoms with Crippen molar-refractivity contribution in [2.45, 2.75) is 0 Å². The molecule has 3 nitrogen and oxygen atoms in total. The molecule has 5 heteroatoms. The number of rotatable bonds is 2. The smallest absolute Gasteiger partial charge is 0.168 e. The van der Waals surface area contributed by atoms with Crippen LogP contribution in [0.2, 0.25) is 0 Å². The van der Waals surface area contributed by atoms with E-state index in [0.29, 0.717) is 5.75 Å². The van der Waals surface area contributed by atoms with Gasteiger partial charge in [-0.2, -0.15) is 9.90 Å². The minimum atomic E-state index is -0.576. The summed E-state index contributed by atoms with van der Waals surface area (Å²) in [4.78, 5) is 0. The molecule has 0 amide bonds. The van der Waals surface area contributed by atoms with Crippen LogP contribution in [0, 0.1) is 0 Å². The summed E-state index contributed by atoms with van der Waals surface area (Å²) < 4.78 is 5.28. The van der Waals surface area contributed by atoms with Gasteiger partial charge >= 0.3 is 0 Å². The molecule has 1 aromatic carbocycles. The normalized spacial score (nSPS) is 9.46. The third-order valence-electron chi connectivity index (χ3n) is 1.22. The second-order valence-electron chi connectivity index (χ2n) is 2.56. The van der Waals surface area contributed by atoms with Crippen molar-refractivity contribution in [3.8, 4) is 17.2 Å². The molecule has 0 aliphatic heterocycles. The molecular formula is C8H14O3P2. The fourth-order valence-electron chi connectivity index (χ4n) is 0.773. The summed E-state index contributed by atoms with van der Waals surface area (Å²) in [5, 5.41) is 18.3. The highest BCUT2D eigenvalue weighted by atomic mass is 31.1. The Morgan fingerprint density at radius 3 is 2.38 bits per heavy atom. The fraction of sp³-hybridized carbons (Fsp3) is 0.250. The largest absolute Gasteiger partial charge is 0.508 e. The van der Waals surface area contributed by atoms with Gasteiger partial charge in [0.15, 0.2) is 11.5 Å². The van der Waals surface area contributed by atoms with Crippen LogP contribution in [0.5, 0.6) is 17.2 Å². The van der Waals surface area contributed by atoms with Gasteiger partial charge in [-0.3, -0.25) is 0 Å². The molecule has 74 valence electrons.